The van der Waals surface area contributed by atoms with Crippen molar-refractivity contribution in [3.63, 3.8) is 0 Å². The second-order valence-corrected chi connectivity index (χ2v) is 6.99. The first-order valence-electron chi connectivity index (χ1n) is 8.63. The van der Waals surface area contributed by atoms with Gasteiger partial charge in [-0.3, -0.25) is 4.68 Å². The second-order valence-electron chi connectivity index (χ2n) is 6.99. The van der Waals surface area contributed by atoms with Crippen LogP contribution < -0.4 is 10.2 Å². The highest BCUT2D eigenvalue weighted by Gasteiger charge is 2.37. The van der Waals surface area contributed by atoms with Crippen LogP contribution in [0.1, 0.15) is 56.7 Å². The Labute approximate surface area is 128 Å². The van der Waals surface area contributed by atoms with E-state index in [0.717, 1.165) is 13.1 Å². The molecule has 0 unspecified atom stereocenters. The van der Waals surface area contributed by atoms with Crippen molar-refractivity contribution >= 4 is 5.82 Å². The number of hydrogen-bond acceptors (Lipinski definition) is 3. The highest BCUT2D eigenvalue weighted by atomic mass is 15.4. The van der Waals surface area contributed by atoms with Crippen LogP contribution in [0.5, 0.6) is 0 Å². The summed E-state index contributed by atoms with van der Waals surface area (Å²) in [6.07, 6.45) is 8.59. The Morgan fingerprint density at radius 2 is 1.81 bits per heavy atom. The van der Waals surface area contributed by atoms with Crippen molar-refractivity contribution in [2.45, 2.75) is 58.9 Å². The molecule has 0 amide bonds. The fourth-order valence-corrected chi connectivity index (χ4v) is 4.36. The molecule has 4 heteroatoms. The molecule has 0 bridgehead atoms. The van der Waals surface area contributed by atoms with Crippen molar-refractivity contribution in [1.29, 1.82) is 0 Å². The van der Waals surface area contributed by atoms with Gasteiger partial charge < -0.3 is 10.2 Å². The van der Waals surface area contributed by atoms with Crippen molar-refractivity contribution in [2.75, 3.05) is 24.5 Å². The maximum atomic E-state index is 4.66. The molecule has 0 atom stereocenters. The van der Waals surface area contributed by atoms with E-state index >= 15 is 0 Å². The van der Waals surface area contributed by atoms with E-state index in [0.29, 0.717) is 5.41 Å². The molecule has 1 aromatic rings. The molecule has 3 rings (SSSR count). The minimum atomic E-state index is 0.686. The molecule has 2 heterocycles. The summed E-state index contributed by atoms with van der Waals surface area (Å²) in [4.78, 5) is 2.58. The van der Waals surface area contributed by atoms with Crippen LogP contribution >= 0.6 is 0 Å². The lowest BCUT2D eigenvalue weighted by Crippen LogP contribution is -2.40. The minimum absolute atomic E-state index is 0.686. The van der Waals surface area contributed by atoms with Crippen LogP contribution in [0.3, 0.4) is 0 Å². The maximum absolute atomic E-state index is 4.66. The number of hydrogen-bond donors (Lipinski definition) is 1. The lowest BCUT2D eigenvalue weighted by molar-refractivity contribution is 0.225. The summed E-state index contributed by atoms with van der Waals surface area (Å²) in [6.45, 7) is 8.66. The van der Waals surface area contributed by atoms with Crippen LogP contribution in [0, 0.1) is 12.3 Å². The van der Waals surface area contributed by atoms with Gasteiger partial charge in [0.05, 0.1) is 5.69 Å². The molecular formula is C17H30N4. The number of nitrogens with one attached hydrogen (secondary N) is 1. The molecule has 1 saturated carbocycles. The summed E-state index contributed by atoms with van der Waals surface area (Å²) < 4.78 is 2.09. The quantitative estimate of drug-likeness (QED) is 0.925. The van der Waals surface area contributed by atoms with Gasteiger partial charge >= 0.3 is 0 Å². The molecule has 21 heavy (non-hydrogen) atoms. The van der Waals surface area contributed by atoms with Crippen LogP contribution in [0.25, 0.3) is 0 Å². The van der Waals surface area contributed by atoms with Gasteiger partial charge in [0.2, 0.25) is 0 Å². The molecule has 2 fully saturated rings. The first-order chi connectivity index (χ1) is 10.2. The highest BCUT2D eigenvalue weighted by Crippen LogP contribution is 2.46. The topological polar surface area (TPSA) is 33.1 Å². The third kappa shape index (κ3) is 2.83. The average Bonchev–Trinajstić information content (AvgIpc) is 3.03. The van der Waals surface area contributed by atoms with Gasteiger partial charge in [-0.25, -0.2) is 0 Å². The maximum Gasteiger partial charge on any atom is 0.131 e. The summed E-state index contributed by atoms with van der Waals surface area (Å²) in [5.74, 6) is 1.35. The van der Waals surface area contributed by atoms with Crippen molar-refractivity contribution in [1.82, 2.24) is 15.1 Å². The van der Waals surface area contributed by atoms with Gasteiger partial charge in [0.15, 0.2) is 0 Å². The molecule has 1 aromatic heterocycles. The fourth-order valence-electron chi connectivity index (χ4n) is 4.36. The monoisotopic (exact) mass is 290 g/mol. The third-order valence-electron chi connectivity index (χ3n) is 5.65. The SMILES string of the molecule is CCNCc1c(C)nn(C)c1N1CCC2(CCCC2)CC1. The van der Waals surface area contributed by atoms with E-state index in [-0.39, 0.29) is 0 Å². The molecule has 1 N–H and O–H groups in total. The second kappa shape index (κ2) is 5.99. The van der Waals surface area contributed by atoms with Crippen molar-refractivity contribution < 1.29 is 0 Å². The van der Waals surface area contributed by atoms with Gasteiger partial charge in [-0.15, -0.1) is 0 Å². The van der Waals surface area contributed by atoms with E-state index in [1.165, 1.54) is 68.7 Å². The Morgan fingerprint density at radius 1 is 1.14 bits per heavy atom. The smallest absolute Gasteiger partial charge is 0.131 e. The van der Waals surface area contributed by atoms with Crippen LogP contribution in [0.15, 0.2) is 0 Å². The molecule has 2 aliphatic rings. The van der Waals surface area contributed by atoms with Gasteiger partial charge in [0.25, 0.3) is 0 Å². The molecule has 1 aliphatic carbocycles. The van der Waals surface area contributed by atoms with E-state index in [4.69, 9.17) is 0 Å². The van der Waals surface area contributed by atoms with E-state index < -0.39 is 0 Å². The first-order valence-corrected chi connectivity index (χ1v) is 8.63. The number of nitrogens with zero attached hydrogens (tertiary/aromatic N) is 3. The zero-order chi connectivity index (χ0) is 14.9. The van der Waals surface area contributed by atoms with E-state index in [1.807, 2.05) is 0 Å². The van der Waals surface area contributed by atoms with Gasteiger partial charge in [-0.1, -0.05) is 19.8 Å². The average molecular weight is 290 g/mol. The molecule has 0 radical (unpaired) electrons. The van der Waals surface area contributed by atoms with Crippen molar-refractivity contribution in [2.24, 2.45) is 12.5 Å². The van der Waals surface area contributed by atoms with Crippen molar-refractivity contribution in [3.8, 4) is 0 Å². The van der Waals surface area contributed by atoms with Crippen molar-refractivity contribution in [3.05, 3.63) is 11.3 Å². The number of aryl methyl sites for hydroxylation is 2. The van der Waals surface area contributed by atoms with E-state index in [2.05, 4.69) is 40.9 Å². The molecule has 118 valence electrons. The molecule has 1 spiro atoms. The predicted molar refractivity (Wildman–Crippen MR) is 87.7 cm³/mol. The minimum Gasteiger partial charge on any atom is -0.357 e. The zero-order valence-electron chi connectivity index (χ0n) is 13.9. The predicted octanol–water partition coefficient (Wildman–Crippen LogP) is 3.00. The number of aromatic nitrogens is 2. The van der Waals surface area contributed by atoms with Gasteiger partial charge in [-0.2, -0.15) is 5.10 Å². The molecule has 1 saturated heterocycles. The Balaban J connectivity index is 1.75. The Hall–Kier alpha value is -1.03. The summed E-state index contributed by atoms with van der Waals surface area (Å²) in [5.41, 5.74) is 3.25. The zero-order valence-corrected chi connectivity index (χ0v) is 13.9. The summed E-state index contributed by atoms with van der Waals surface area (Å²) in [5, 5.41) is 8.13. The molecular weight excluding hydrogens is 260 g/mol. The van der Waals surface area contributed by atoms with Crippen LogP contribution in [0.4, 0.5) is 5.82 Å². The number of anilines is 1. The lowest BCUT2D eigenvalue weighted by atomic mass is 9.77. The third-order valence-corrected chi connectivity index (χ3v) is 5.65. The Bertz CT molecular complexity index is 475. The van der Waals surface area contributed by atoms with Gasteiger partial charge in [0, 0.05) is 32.2 Å². The lowest BCUT2D eigenvalue weighted by Gasteiger charge is -2.40. The molecule has 1 aliphatic heterocycles. The van der Waals surface area contributed by atoms with Crippen LogP contribution in [-0.2, 0) is 13.6 Å². The Morgan fingerprint density at radius 3 is 2.43 bits per heavy atom. The molecule has 0 aromatic carbocycles. The molecule has 4 nitrogen and oxygen atoms in total. The first kappa shape index (κ1) is 14.9. The van der Waals surface area contributed by atoms with Gasteiger partial charge in [0.1, 0.15) is 5.82 Å². The fraction of sp³-hybridized carbons (Fsp3) is 0.824. The van der Waals surface area contributed by atoms with E-state index in [1.54, 1.807) is 0 Å². The highest BCUT2D eigenvalue weighted by molar-refractivity contribution is 5.50. The van der Waals surface area contributed by atoms with E-state index in [9.17, 15) is 0 Å². The Kier molecular flexibility index (Phi) is 4.25. The normalized spacial score (nSPS) is 21.4. The number of rotatable bonds is 4. The summed E-state index contributed by atoms with van der Waals surface area (Å²) in [6, 6.07) is 0. The summed E-state index contributed by atoms with van der Waals surface area (Å²) >= 11 is 0. The number of piperidine rings is 1. The van der Waals surface area contributed by atoms with Crippen LogP contribution in [-0.4, -0.2) is 29.4 Å². The van der Waals surface area contributed by atoms with Gasteiger partial charge in [-0.05, 0) is 44.6 Å². The largest absolute Gasteiger partial charge is 0.357 e. The standard InChI is InChI=1S/C17H30N4/c1-4-18-13-15-14(2)19-20(3)16(15)21-11-9-17(10-12-21)7-5-6-8-17/h18H,4-13H2,1-3H3. The summed E-state index contributed by atoms with van der Waals surface area (Å²) in [7, 11) is 2.09. The van der Waals surface area contributed by atoms with Crippen LogP contribution in [0.2, 0.25) is 0 Å².